The Morgan fingerprint density at radius 3 is 2.83 bits per heavy atom. The van der Waals surface area contributed by atoms with Gasteiger partial charge in [-0.2, -0.15) is 0 Å². The summed E-state index contributed by atoms with van der Waals surface area (Å²) < 4.78 is 0. The fourth-order valence-electron chi connectivity index (χ4n) is 1.89. The Bertz CT molecular complexity index is 501. The molecule has 6 nitrogen and oxygen atoms in total. The lowest BCUT2D eigenvalue weighted by Crippen LogP contribution is -2.48. The van der Waals surface area contributed by atoms with Crippen molar-refractivity contribution in [2.75, 3.05) is 12.4 Å². The molecular weight excluding hydrogens is 232 g/mol. The van der Waals surface area contributed by atoms with Crippen LogP contribution in [0.25, 0.3) is 0 Å². The zero-order valence-corrected chi connectivity index (χ0v) is 10.7. The fourth-order valence-corrected chi connectivity index (χ4v) is 1.89. The minimum atomic E-state index is -0.400. The number of amides is 2. The number of nitrogens with zero attached hydrogens (tertiary/aromatic N) is 3. The van der Waals surface area contributed by atoms with Gasteiger partial charge in [0.1, 0.15) is 11.9 Å². The predicted molar refractivity (Wildman–Crippen MR) is 65.9 cm³/mol. The second-order valence-corrected chi connectivity index (χ2v) is 4.47. The van der Waals surface area contributed by atoms with Crippen LogP contribution in [-0.2, 0) is 9.59 Å². The molecule has 1 aromatic rings. The van der Waals surface area contributed by atoms with E-state index in [2.05, 4.69) is 15.3 Å². The van der Waals surface area contributed by atoms with Crippen LogP contribution in [0.1, 0.15) is 24.2 Å². The molecule has 0 bridgehead atoms. The molecule has 1 aliphatic heterocycles. The summed E-state index contributed by atoms with van der Waals surface area (Å²) in [4.78, 5) is 33.0. The molecular formula is C12H16N4O2. The van der Waals surface area contributed by atoms with Crippen molar-refractivity contribution >= 4 is 17.6 Å². The van der Waals surface area contributed by atoms with E-state index in [1.807, 2.05) is 13.8 Å². The number of likely N-dealkylation sites (N-methyl/N-ethyl adjacent to an activating group) is 1. The van der Waals surface area contributed by atoms with Crippen molar-refractivity contribution in [2.45, 2.75) is 32.7 Å². The number of carbonyl (C=O) groups excluding carboxylic acids is 2. The molecule has 2 heterocycles. The van der Waals surface area contributed by atoms with Gasteiger partial charge in [0, 0.05) is 19.7 Å². The van der Waals surface area contributed by atoms with Gasteiger partial charge in [0.2, 0.25) is 5.91 Å². The third-order valence-electron chi connectivity index (χ3n) is 3.04. The summed E-state index contributed by atoms with van der Waals surface area (Å²) in [6.45, 7) is 3.67. The highest BCUT2D eigenvalue weighted by atomic mass is 16.2. The molecule has 18 heavy (non-hydrogen) atoms. The Hall–Kier alpha value is -1.98. The van der Waals surface area contributed by atoms with Gasteiger partial charge in [0.05, 0.1) is 11.4 Å². The standard InChI is InChI=1S/C12H16N4O2/c1-7-6-13-8(2)11(14-7)15-9-4-5-10(17)16(3)12(9)18/h6,9H,4-5H2,1-3H3,(H,14,15). The van der Waals surface area contributed by atoms with E-state index in [0.29, 0.717) is 18.7 Å². The van der Waals surface area contributed by atoms with E-state index in [0.717, 1.165) is 11.4 Å². The van der Waals surface area contributed by atoms with Crippen LogP contribution in [0.2, 0.25) is 0 Å². The number of imide groups is 1. The van der Waals surface area contributed by atoms with Crippen molar-refractivity contribution in [1.29, 1.82) is 0 Å². The normalized spacial score (nSPS) is 20.2. The lowest BCUT2D eigenvalue weighted by atomic mass is 10.0. The maximum absolute atomic E-state index is 11.9. The molecule has 1 fully saturated rings. The zero-order chi connectivity index (χ0) is 13.3. The van der Waals surface area contributed by atoms with Crippen LogP contribution in [-0.4, -0.2) is 39.8 Å². The summed E-state index contributed by atoms with van der Waals surface area (Å²) in [6.07, 6.45) is 2.55. The first-order chi connectivity index (χ1) is 8.49. The number of carbonyl (C=O) groups is 2. The summed E-state index contributed by atoms with van der Waals surface area (Å²) in [7, 11) is 1.51. The minimum absolute atomic E-state index is 0.134. The van der Waals surface area contributed by atoms with Crippen molar-refractivity contribution < 1.29 is 9.59 Å². The topological polar surface area (TPSA) is 75.2 Å². The van der Waals surface area contributed by atoms with Gasteiger partial charge in [0.15, 0.2) is 0 Å². The number of aryl methyl sites for hydroxylation is 2. The third-order valence-corrected chi connectivity index (χ3v) is 3.04. The van der Waals surface area contributed by atoms with Crippen molar-refractivity contribution in [3.05, 3.63) is 17.6 Å². The highest BCUT2D eigenvalue weighted by Gasteiger charge is 2.32. The molecule has 0 aliphatic carbocycles. The summed E-state index contributed by atoms with van der Waals surface area (Å²) in [6, 6.07) is -0.400. The molecule has 0 aromatic carbocycles. The lowest BCUT2D eigenvalue weighted by Gasteiger charge is -2.28. The molecule has 0 saturated carbocycles. The second kappa shape index (κ2) is 4.72. The Balaban J connectivity index is 2.16. The Morgan fingerprint density at radius 2 is 2.11 bits per heavy atom. The van der Waals surface area contributed by atoms with Crippen molar-refractivity contribution in [1.82, 2.24) is 14.9 Å². The number of likely N-dealkylation sites (tertiary alicyclic amines) is 1. The Kier molecular flexibility index (Phi) is 3.27. The smallest absolute Gasteiger partial charge is 0.251 e. The first-order valence-electron chi connectivity index (χ1n) is 5.86. The summed E-state index contributed by atoms with van der Waals surface area (Å²) in [5.74, 6) is 0.259. The van der Waals surface area contributed by atoms with E-state index in [9.17, 15) is 9.59 Å². The Labute approximate surface area is 105 Å². The number of piperidine rings is 1. The van der Waals surface area contributed by atoms with Crippen LogP contribution >= 0.6 is 0 Å². The number of hydrogen-bond donors (Lipinski definition) is 1. The van der Waals surface area contributed by atoms with Crippen LogP contribution in [0, 0.1) is 13.8 Å². The highest BCUT2D eigenvalue weighted by molar-refractivity contribution is 6.01. The SMILES string of the molecule is Cc1cnc(C)c(NC2CCC(=O)N(C)C2=O)n1. The maximum atomic E-state index is 11.9. The predicted octanol–water partition coefficient (Wildman–Crippen LogP) is 0.653. The van der Waals surface area contributed by atoms with Crippen LogP contribution in [0.3, 0.4) is 0 Å². The molecule has 1 aromatic heterocycles. The van der Waals surface area contributed by atoms with Crippen molar-refractivity contribution in [3.63, 3.8) is 0 Å². The van der Waals surface area contributed by atoms with E-state index in [1.54, 1.807) is 6.20 Å². The summed E-state index contributed by atoms with van der Waals surface area (Å²) in [5.41, 5.74) is 1.53. The van der Waals surface area contributed by atoms with Gasteiger partial charge in [-0.1, -0.05) is 0 Å². The number of aromatic nitrogens is 2. The minimum Gasteiger partial charge on any atom is -0.357 e. The monoisotopic (exact) mass is 248 g/mol. The first kappa shape index (κ1) is 12.5. The van der Waals surface area contributed by atoms with Crippen molar-refractivity contribution in [2.24, 2.45) is 0 Å². The highest BCUT2D eigenvalue weighted by Crippen LogP contribution is 2.17. The number of rotatable bonds is 2. The van der Waals surface area contributed by atoms with Gasteiger partial charge < -0.3 is 5.32 Å². The molecule has 1 unspecified atom stereocenters. The van der Waals surface area contributed by atoms with E-state index in [1.165, 1.54) is 11.9 Å². The molecule has 2 amide bonds. The average Bonchev–Trinajstić information content (AvgIpc) is 2.34. The molecule has 1 atom stereocenters. The Morgan fingerprint density at radius 1 is 1.39 bits per heavy atom. The molecule has 1 aliphatic rings. The van der Waals surface area contributed by atoms with E-state index >= 15 is 0 Å². The lowest BCUT2D eigenvalue weighted by molar-refractivity contribution is -0.146. The maximum Gasteiger partial charge on any atom is 0.251 e. The molecule has 0 spiro atoms. The van der Waals surface area contributed by atoms with Crippen LogP contribution < -0.4 is 5.32 Å². The summed E-state index contributed by atoms with van der Waals surface area (Å²) >= 11 is 0. The van der Waals surface area contributed by atoms with Crippen LogP contribution in [0.4, 0.5) is 5.82 Å². The quantitative estimate of drug-likeness (QED) is 0.778. The zero-order valence-electron chi connectivity index (χ0n) is 10.7. The number of anilines is 1. The van der Waals surface area contributed by atoms with Gasteiger partial charge in [0.25, 0.3) is 5.91 Å². The number of hydrogen-bond acceptors (Lipinski definition) is 5. The van der Waals surface area contributed by atoms with Crippen LogP contribution in [0.15, 0.2) is 6.20 Å². The molecule has 1 N–H and O–H groups in total. The van der Waals surface area contributed by atoms with E-state index in [-0.39, 0.29) is 11.8 Å². The number of nitrogens with one attached hydrogen (secondary N) is 1. The first-order valence-corrected chi connectivity index (χ1v) is 5.86. The average molecular weight is 248 g/mol. The molecule has 6 heteroatoms. The van der Waals surface area contributed by atoms with Gasteiger partial charge in [-0.15, -0.1) is 0 Å². The summed E-state index contributed by atoms with van der Waals surface area (Å²) in [5, 5.41) is 3.07. The van der Waals surface area contributed by atoms with Crippen LogP contribution in [0.5, 0.6) is 0 Å². The van der Waals surface area contributed by atoms with Gasteiger partial charge in [-0.25, -0.2) is 4.98 Å². The molecule has 96 valence electrons. The fraction of sp³-hybridized carbons (Fsp3) is 0.500. The third kappa shape index (κ3) is 2.32. The second-order valence-electron chi connectivity index (χ2n) is 4.47. The molecule has 2 rings (SSSR count). The van der Waals surface area contributed by atoms with Gasteiger partial charge >= 0.3 is 0 Å². The van der Waals surface area contributed by atoms with Crippen molar-refractivity contribution in [3.8, 4) is 0 Å². The van der Waals surface area contributed by atoms with Gasteiger partial charge in [-0.3, -0.25) is 19.5 Å². The molecule has 1 saturated heterocycles. The van der Waals surface area contributed by atoms with Gasteiger partial charge in [-0.05, 0) is 20.3 Å². The molecule has 0 radical (unpaired) electrons. The van der Waals surface area contributed by atoms with E-state index in [4.69, 9.17) is 0 Å². The largest absolute Gasteiger partial charge is 0.357 e. The van der Waals surface area contributed by atoms with E-state index < -0.39 is 6.04 Å².